The smallest absolute Gasteiger partial charge is 0.415 e. The van der Waals surface area contributed by atoms with E-state index in [0.29, 0.717) is 33.3 Å². The molecule has 1 unspecified atom stereocenters. The number of aliphatic hydroxyl groups excluding tert-OH is 1. The normalized spacial score (nSPS) is 16.9. The second-order valence-corrected chi connectivity index (χ2v) is 7.75. The van der Waals surface area contributed by atoms with Crippen LogP contribution in [0.15, 0.2) is 57.6 Å². The molecule has 1 aliphatic carbocycles. The van der Waals surface area contributed by atoms with Crippen LogP contribution in [0.2, 0.25) is 10.0 Å². The summed E-state index contributed by atoms with van der Waals surface area (Å²) in [6.45, 7) is 0. The van der Waals surface area contributed by atoms with Gasteiger partial charge in [-0.1, -0.05) is 53.5 Å². The van der Waals surface area contributed by atoms with Crippen molar-refractivity contribution in [3.63, 3.8) is 0 Å². The Balaban J connectivity index is 1.96. The van der Waals surface area contributed by atoms with E-state index in [4.69, 9.17) is 23.2 Å². The molecule has 29 heavy (non-hydrogen) atoms. The summed E-state index contributed by atoms with van der Waals surface area (Å²) in [7, 11) is 1.57. The molecule has 6 nitrogen and oxygen atoms in total. The number of hydrogen-bond acceptors (Lipinski definition) is 3. The van der Waals surface area contributed by atoms with Crippen molar-refractivity contribution in [2.75, 3.05) is 0 Å². The molecule has 8 heteroatoms. The van der Waals surface area contributed by atoms with Crippen LogP contribution in [-0.2, 0) is 7.05 Å². The van der Waals surface area contributed by atoms with Crippen molar-refractivity contribution in [3.8, 4) is 0 Å². The first kappa shape index (κ1) is 18.0. The van der Waals surface area contributed by atoms with Crippen molar-refractivity contribution in [1.29, 1.82) is 0 Å². The van der Waals surface area contributed by atoms with Crippen LogP contribution in [0, 0.1) is 0 Å². The number of aromatic nitrogens is 2. The van der Waals surface area contributed by atoms with Gasteiger partial charge < -0.3 is 5.11 Å². The Hall–Kier alpha value is -3.09. The first-order chi connectivity index (χ1) is 13.9. The van der Waals surface area contributed by atoms with Gasteiger partial charge in [0, 0.05) is 11.1 Å². The fourth-order valence-electron chi connectivity index (χ4n) is 4.11. The van der Waals surface area contributed by atoms with E-state index in [1.54, 1.807) is 31.3 Å². The van der Waals surface area contributed by atoms with Gasteiger partial charge in [0.1, 0.15) is 17.0 Å². The molecule has 0 spiro atoms. The Morgan fingerprint density at radius 3 is 2.55 bits per heavy atom. The van der Waals surface area contributed by atoms with E-state index in [9.17, 15) is 14.7 Å². The molecule has 1 aliphatic heterocycles. The number of hydrogen-bond donors (Lipinski definition) is 3. The monoisotopic (exact) mass is 426 g/mol. The first-order valence-electron chi connectivity index (χ1n) is 8.84. The SMILES string of the molecule is Cn1c2c(c(=O)[nH]c1=O)C(c1cccc(Cl)c1Cl)C1=C(O)c3ccccc3C1=[NH+]2. The molecule has 2 heterocycles. The van der Waals surface area contributed by atoms with Crippen molar-refractivity contribution in [2.45, 2.75) is 5.92 Å². The van der Waals surface area contributed by atoms with Crippen LogP contribution >= 0.6 is 23.2 Å². The van der Waals surface area contributed by atoms with Gasteiger partial charge in [-0.25, -0.2) is 9.79 Å². The summed E-state index contributed by atoms with van der Waals surface area (Å²) in [6.07, 6.45) is 0. The zero-order valence-electron chi connectivity index (χ0n) is 15.1. The molecular formula is C21H14Cl2N3O3+. The molecule has 2 aliphatic rings. The zero-order valence-corrected chi connectivity index (χ0v) is 16.6. The van der Waals surface area contributed by atoms with Crippen LogP contribution in [0.3, 0.4) is 0 Å². The molecule has 2 aromatic carbocycles. The Labute approximate surface area is 174 Å². The molecule has 1 atom stereocenters. The van der Waals surface area contributed by atoms with Crippen molar-refractivity contribution >= 4 is 40.5 Å². The van der Waals surface area contributed by atoms with Gasteiger partial charge in [-0.05, 0) is 17.7 Å². The molecule has 3 N–H and O–H groups in total. The fourth-order valence-corrected chi connectivity index (χ4v) is 4.52. The summed E-state index contributed by atoms with van der Waals surface area (Å²) in [6, 6.07) is 12.5. The predicted molar refractivity (Wildman–Crippen MR) is 111 cm³/mol. The zero-order chi connectivity index (χ0) is 20.4. The molecule has 144 valence electrons. The first-order valence-corrected chi connectivity index (χ1v) is 9.60. The van der Waals surface area contributed by atoms with Crippen molar-refractivity contribution in [2.24, 2.45) is 7.05 Å². The number of nitrogens with zero attached hydrogens (tertiary/aromatic N) is 1. The fraction of sp³-hybridized carbons (Fsp3) is 0.0952. The number of aromatic amines is 1. The number of rotatable bonds is 1. The number of halogens is 2. The van der Waals surface area contributed by atoms with Crippen LogP contribution in [0.25, 0.3) is 5.76 Å². The van der Waals surface area contributed by atoms with Crippen LogP contribution in [-0.4, -0.2) is 20.4 Å². The largest absolute Gasteiger partial charge is 0.507 e. The minimum absolute atomic E-state index is 0.0584. The van der Waals surface area contributed by atoms with Crippen LogP contribution in [0.4, 0.5) is 5.82 Å². The van der Waals surface area contributed by atoms with E-state index in [-0.39, 0.29) is 16.3 Å². The molecule has 0 bridgehead atoms. The van der Waals surface area contributed by atoms with E-state index < -0.39 is 17.2 Å². The van der Waals surface area contributed by atoms with Gasteiger partial charge >= 0.3 is 5.69 Å². The van der Waals surface area contributed by atoms with Crippen LogP contribution in [0.5, 0.6) is 0 Å². The number of fused-ring (bicyclic) bond motifs is 4. The lowest BCUT2D eigenvalue weighted by molar-refractivity contribution is -0.363. The summed E-state index contributed by atoms with van der Waals surface area (Å²) in [4.78, 5) is 30.6. The third-order valence-electron chi connectivity index (χ3n) is 5.45. The number of H-pyrrole nitrogens is 1. The standard InChI is InChI=1S/C21H13Cl2N3O3/c1-26-19-15(20(28)25-21(26)29)13(11-7-4-8-12(22)16(11)23)14-17(24-19)9-5-2-3-6-10(9)18(14)27/h2-8,13,27H,1H3,(H,25,28,29)/p+1. The summed E-state index contributed by atoms with van der Waals surface area (Å²) < 4.78 is 1.34. The van der Waals surface area contributed by atoms with Crippen LogP contribution in [0.1, 0.15) is 28.2 Å². The number of nitrogens with one attached hydrogen (secondary N) is 2. The Bertz CT molecular complexity index is 1400. The quantitative estimate of drug-likeness (QED) is 0.555. The maximum Gasteiger partial charge on any atom is 0.415 e. The molecule has 3 aromatic rings. The highest BCUT2D eigenvalue weighted by Crippen LogP contribution is 2.46. The summed E-state index contributed by atoms with van der Waals surface area (Å²) >= 11 is 12.8. The second kappa shape index (κ2) is 6.20. The molecular weight excluding hydrogens is 413 g/mol. The van der Waals surface area contributed by atoms with E-state index >= 15 is 0 Å². The molecule has 1 aromatic heterocycles. The average molecular weight is 427 g/mol. The molecule has 0 amide bonds. The average Bonchev–Trinajstić information content (AvgIpc) is 3.00. The van der Waals surface area contributed by atoms with Gasteiger partial charge in [0.05, 0.1) is 28.6 Å². The van der Waals surface area contributed by atoms with Crippen molar-refractivity contribution < 1.29 is 10.1 Å². The maximum atomic E-state index is 12.9. The third kappa shape index (κ3) is 2.39. The summed E-state index contributed by atoms with van der Waals surface area (Å²) in [5.41, 5.74) is 2.34. The summed E-state index contributed by atoms with van der Waals surface area (Å²) in [5, 5.41) is 11.7. The van der Waals surface area contributed by atoms with Gasteiger partial charge in [-0.15, -0.1) is 0 Å². The lowest BCUT2D eigenvalue weighted by Gasteiger charge is -2.24. The summed E-state index contributed by atoms with van der Waals surface area (Å²) in [5.74, 6) is -0.304. The van der Waals surface area contributed by atoms with E-state index in [1.807, 2.05) is 18.2 Å². The number of allylic oxidation sites excluding steroid dienone is 1. The lowest BCUT2D eigenvalue weighted by atomic mass is 9.81. The number of benzene rings is 2. The topological polar surface area (TPSA) is 89.1 Å². The minimum Gasteiger partial charge on any atom is -0.507 e. The maximum absolute atomic E-state index is 12.9. The van der Waals surface area contributed by atoms with Gasteiger partial charge in [0.25, 0.3) is 11.4 Å². The van der Waals surface area contributed by atoms with Crippen molar-refractivity contribution in [1.82, 2.24) is 9.55 Å². The second-order valence-electron chi connectivity index (χ2n) is 6.96. The molecule has 0 saturated heterocycles. The third-order valence-corrected chi connectivity index (χ3v) is 6.28. The van der Waals surface area contributed by atoms with Crippen LogP contribution < -0.4 is 16.2 Å². The van der Waals surface area contributed by atoms with Crippen molar-refractivity contribution in [3.05, 3.63) is 101 Å². The Morgan fingerprint density at radius 1 is 1.07 bits per heavy atom. The Morgan fingerprint density at radius 2 is 1.79 bits per heavy atom. The highest BCUT2D eigenvalue weighted by molar-refractivity contribution is 6.42. The van der Waals surface area contributed by atoms with E-state index in [1.165, 1.54) is 4.57 Å². The molecule has 0 saturated carbocycles. The van der Waals surface area contributed by atoms with Gasteiger partial charge in [0.15, 0.2) is 0 Å². The number of aliphatic hydroxyl groups is 1. The highest BCUT2D eigenvalue weighted by atomic mass is 35.5. The predicted octanol–water partition coefficient (Wildman–Crippen LogP) is 2.01. The van der Waals surface area contributed by atoms with Gasteiger partial charge in [0.2, 0.25) is 0 Å². The highest BCUT2D eigenvalue weighted by Gasteiger charge is 2.44. The van der Waals surface area contributed by atoms with Gasteiger partial charge in [-0.2, -0.15) is 4.57 Å². The minimum atomic E-state index is -0.713. The molecule has 5 rings (SSSR count). The molecule has 0 radical (unpaired) electrons. The lowest BCUT2D eigenvalue weighted by Crippen LogP contribution is -2.72. The van der Waals surface area contributed by atoms with E-state index in [0.717, 1.165) is 5.56 Å². The van der Waals surface area contributed by atoms with E-state index in [2.05, 4.69) is 9.98 Å². The van der Waals surface area contributed by atoms with Gasteiger partial charge in [-0.3, -0.25) is 9.78 Å². The molecule has 0 fully saturated rings. The Kier molecular flexibility index (Phi) is 3.84.